The van der Waals surface area contributed by atoms with Crippen LogP contribution in [0.5, 0.6) is 0 Å². The molecular weight excluding hydrogens is 303 g/mol. The molecule has 2 aliphatic heterocycles. The van der Waals surface area contributed by atoms with Gasteiger partial charge in [-0.2, -0.15) is 13.2 Å². The summed E-state index contributed by atoms with van der Waals surface area (Å²) in [5.41, 5.74) is 7.16. The third-order valence-electron chi connectivity index (χ3n) is 3.86. The summed E-state index contributed by atoms with van der Waals surface area (Å²) in [5.74, 6) is -0.515. The highest BCUT2D eigenvalue weighted by Crippen LogP contribution is 2.34. The average Bonchev–Trinajstić information content (AvgIpc) is 2.85. The molecule has 3 unspecified atom stereocenters. The number of benzene rings is 1. The van der Waals surface area contributed by atoms with E-state index < -0.39 is 18.1 Å². The molecule has 0 spiro atoms. The highest BCUT2D eigenvalue weighted by atomic mass is 35.5. The summed E-state index contributed by atoms with van der Waals surface area (Å²) in [6.07, 6.45) is -2.28. The van der Waals surface area contributed by atoms with Crippen LogP contribution in [0.3, 0.4) is 0 Å². The highest BCUT2D eigenvalue weighted by Gasteiger charge is 2.52. The van der Waals surface area contributed by atoms with E-state index >= 15 is 0 Å². The number of nitrogens with one attached hydrogen (secondary N) is 3. The van der Waals surface area contributed by atoms with Gasteiger partial charge in [0.15, 0.2) is 0 Å². The predicted molar refractivity (Wildman–Crippen MR) is 77.9 cm³/mol. The first-order valence-electron chi connectivity index (χ1n) is 6.60. The second-order valence-electron chi connectivity index (χ2n) is 5.21. The molecule has 0 aliphatic carbocycles. The Morgan fingerprint density at radius 1 is 1.10 bits per heavy atom. The van der Waals surface area contributed by atoms with Gasteiger partial charge in [-0.15, -0.1) is 12.4 Å². The molecule has 3 N–H and O–H groups in total. The van der Waals surface area contributed by atoms with E-state index in [0.29, 0.717) is 13.1 Å². The van der Waals surface area contributed by atoms with Crippen molar-refractivity contribution < 1.29 is 13.2 Å². The lowest BCUT2D eigenvalue weighted by molar-refractivity contribution is -0.161. The molecule has 0 radical (unpaired) electrons. The molecule has 1 aromatic rings. The van der Waals surface area contributed by atoms with Crippen molar-refractivity contribution in [3.63, 3.8) is 0 Å². The largest absolute Gasteiger partial charge is 0.405 e. The van der Waals surface area contributed by atoms with E-state index in [9.17, 15) is 13.2 Å². The lowest BCUT2D eigenvalue weighted by Crippen LogP contribution is -2.49. The predicted octanol–water partition coefficient (Wildman–Crippen LogP) is 2.12. The fourth-order valence-corrected chi connectivity index (χ4v) is 2.91. The van der Waals surface area contributed by atoms with Crippen LogP contribution in [-0.4, -0.2) is 31.3 Å². The van der Waals surface area contributed by atoms with Gasteiger partial charge >= 0.3 is 6.18 Å². The smallest absolute Gasteiger partial charge is 0.313 e. The van der Waals surface area contributed by atoms with Crippen LogP contribution in [-0.2, 0) is 0 Å². The first-order chi connectivity index (χ1) is 9.55. The Hall–Kier alpha value is -1.08. The van der Waals surface area contributed by atoms with Crippen LogP contribution in [0, 0.1) is 5.92 Å². The number of hydrogen-bond acceptors (Lipinski definition) is 3. The van der Waals surface area contributed by atoms with E-state index in [4.69, 9.17) is 0 Å². The van der Waals surface area contributed by atoms with Crippen LogP contribution in [0.2, 0.25) is 0 Å². The van der Waals surface area contributed by atoms with Crippen molar-refractivity contribution in [2.75, 3.05) is 13.1 Å². The molecule has 3 atom stereocenters. The third kappa shape index (κ3) is 3.40. The zero-order valence-corrected chi connectivity index (χ0v) is 12.0. The Labute approximate surface area is 127 Å². The van der Waals surface area contributed by atoms with Crippen LogP contribution in [0.4, 0.5) is 13.2 Å². The van der Waals surface area contributed by atoms with E-state index in [-0.39, 0.29) is 18.4 Å². The van der Waals surface area contributed by atoms with Gasteiger partial charge in [-0.25, -0.2) is 10.9 Å². The van der Waals surface area contributed by atoms with Crippen molar-refractivity contribution in [1.29, 1.82) is 0 Å². The fraction of sp³-hybridized carbons (Fsp3) is 0.429. The number of piperidine rings is 1. The summed E-state index contributed by atoms with van der Waals surface area (Å²) in [7, 11) is 0. The first-order valence-corrected chi connectivity index (χ1v) is 6.60. The van der Waals surface area contributed by atoms with Crippen molar-refractivity contribution in [2.24, 2.45) is 5.92 Å². The minimum atomic E-state index is -4.23. The first kappa shape index (κ1) is 16.3. The minimum absolute atomic E-state index is 0. The summed E-state index contributed by atoms with van der Waals surface area (Å²) in [6.45, 7) is 0.969. The maximum atomic E-state index is 12.9. The molecule has 1 aromatic carbocycles. The quantitative estimate of drug-likeness (QED) is 0.742. The van der Waals surface area contributed by atoms with Gasteiger partial charge in [0, 0.05) is 25.0 Å². The van der Waals surface area contributed by atoms with Crippen molar-refractivity contribution in [3.05, 3.63) is 41.5 Å². The number of hydrogen-bond donors (Lipinski definition) is 3. The van der Waals surface area contributed by atoms with Gasteiger partial charge in [0.1, 0.15) is 6.04 Å². The number of halogens is 4. The molecule has 2 saturated heterocycles. The SMILES string of the molecule is Cl.FC(F)(F)C1NNC2/C(=C/c3ccccc3)CNCC21. The Morgan fingerprint density at radius 2 is 1.81 bits per heavy atom. The van der Waals surface area contributed by atoms with E-state index in [1.165, 1.54) is 0 Å². The van der Waals surface area contributed by atoms with Gasteiger partial charge in [-0.1, -0.05) is 36.4 Å². The molecule has 2 aliphatic rings. The van der Waals surface area contributed by atoms with Gasteiger partial charge in [-0.05, 0) is 11.1 Å². The molecule has 3 nitrogen and oxygen atoms in total. The average molecular weight is 320 g/mol. The number of rotatable bonds is 1. The molecule has 0 aromatic heterocycles. The van der Waals surface area contributed by atoms with Crippen molar-refractivity contribution in [1.82, 2.24) is 16.2 Å². The summed E-state index contributed by atoms with van der Waals surface area (Å²) >= 11 is 0. The van der Waals surface area contributed by atoms with Crippen LogP contribution in [0.1, 0.15) is 5.56 Å². The zero-order chi connectivity index (χ0) is 14.2. The lowest BCUT2D eigenvalue weighted by Gasteiger charge is -2.31. The molecule has 0 amide bonds. The van der Waals surface area contributed by atoms with E-state index in [1.807, 2.05) is 36.4 Å². The van der Waals surface area contributed by atoms with Crippen molar-refractivity contribution in [2.45, 2.75) is 18.3 Å². The number of hydrazine groups is 1. The monoisotopic (exact) mass is 319 g/mol. The summed E-state index contributed by atoms with van der Waals surface area (Å²) in [4.78, 5) is 0. The summed E-state index contributed by atoms with van der Waals surface area (Å²) in [6, 6.07) is 7.86. The van der Waals surface area contributed by atoms with Gasteiger partial charge in [-0.3, -0.25) is 0 Å². The van der Waals surface area contributed by atoms with E-state index in [0.717, 1.165) is 11.1 Å². The third-order valence-corrected chi connectivity index (χ3v) is 3.86. The van der Waals surface area contributed by atoms with Gasteiger partial charge in [0.05, 0.1) is 0 Å². The molecular formula is C14H17ClF3N3. The molecule has 2 heterocycles. The second-order valence-corrected chi connectivity index (χ2v) is 5.21. The van der Waals surface area contributed by atoms with E-state index in [2.05, 4.69) is 16.2 Å². The fourth-order valence-electron chi connectivity index (χ4n) is 2.91. The standard InChI is InChI=1S/C14H16F3N3.ClH/c15-14(16,17)13-11-8-18-7-10(12(11)19-20-13)6-9-4-2-1-3-5-9;/h1-6,11-13,18-20H,7-8H2;1H/b10-6+;. The van der Waals surface area contributed by atoms with Gasteiger partial charge in [0.25, 0.3) is 0 Å². The number of fused-ring (bicyclic) bond motifs is 1. The summed E-state index contributed by atoms with van der Waals surface area (Å²) in [5, 5.41) is 3.08. The molecule has 0 bridgehead atoms. The molecule has 2 fully saturated rings. The highest BCUT2D eigenvalue weighted by molar-refractivity contribution is 5.85. The van der Waals surface area contributed by atoms with Crippen molar-refractivity contribution >= 4 is 18.5 Å². The normalized spacial score (nSPS) is 30.8. The topological polar surface area (TPSA) is 36.1 Å². The maximum Gasteiger partial charge on any atom is 0.405 e. The lowest BCUT2D eigenvalue weighted by atomic mass is 9.85. The van der Waals surface area contributed by atoms with Crippen LogP contribution in [0.15, 0.2) is 35.9 Å². The molecule has 0 saturated carbocycles. The van der Waals surface area contributed by atoms with Crippen LogP contribution >= 0.6 is 12.4 Å². The van der Waals surface area contributed by atoms with Gasteiger partial charge < -0.3 is 5.32 Å². The Balaban J connectivity index is 0.00000161. The maximum absolute atomic E-state index is 12.9. The van der Waals surface area contributed by atoms with Crippen LogP contribution < -0.4 is 16.2 Å². The Morgan fingerprint density at radius 3 is 2.48 bits per heavy atom. The molecule has 3 rings (SSSR count). The number of alkyl halides is 3. The summed E-state index contributed by atoms with van der Waals surface area (Å²) < 4.78 is 38.8. The molecule has 21 heavy (non-hydrogen) atoms. The second kappa shape index (κ2) is 6.36. The molecule has 7 heteroatoms. The van der Waals surface area contributed by atoms with Gasteiger partial charge in [0.2, 0.25) is 0 Å². The van der Waals surface area contributed by atoms with Crippen LogP contribution in [0.25, 0.3) is 6.08 Å². The Kier molecular flexibility index (Phi) is 4.93. The zero-order valence-electron chi connectivity index (χ0n) is 11.2. The Bertz CT molecular complexity index is 504. The molecule has 116 valence electrons. The van der Waals surface area contributed by atoms with E-state index in [1.54, 1.807) is 0 Å². The van der Waals surface area contributed by atoms with Crippen molar-refractivity contribution in [3.8, 4) is 0 Å². The minimum Gasteiger partial charge on any atom is -0.313 e.